The Kier molecular flexibility index (Phi) is 5.72. The zero-order valence-corrected chi connectivity index (χ0v) is 13.4. The maximum Gasteiger partial charge on any atom is 0.252 e. The summed E-state index contributed by atoms with van der Waals surface area (Å²) in [6, 6.07) is 4.67. The molecule has 1 saturated heterocycles. The van der Waals surface area contributed by atoms with Crippen LogP contribution in [0.1, 0.15) is 33.9 Å². The molecule has 0 unspecified atom stereocenters. The summed E-state index contributed by atoms with van der Waals surface area (Å²) in [4.78, 5) is 11.9. The number of nitrogens with zero attached hydrogens (tertiary/aromatic N) is 1. The first-order valence-corrected chi connectivity index (χ1v) is 7.64. The van der Waals surface area contributed by atoms with Gasteiger partial charge in [0.25, 0.3) is 5.56 Å². The molecule has 5 nitrogen and oxygen atoms in total. The van der Waals surface area contributed by atoms with Gasteiger partial charge in [-0.25, -0.2) is 4.39 Å². The van der Waals surface area contributed by atoms with Crippen LogP contribution in [0.5, 0.6) is 0 Å². The highest BCUT2D eigenvalue weighted by Crippen LogP contribution is 2.34. The molecule has 6 heteroatoms. The third kappa shape index (κ3) is 3.94. The van der Waals surface area contributed by atoms with Gasteiger partial charge in [-0.2, -0.15) is 0 Å². The molecular weight excluding hydrogens is 289 g/mol. The molecule has 1 aromatic rings. The zero-order valence-electron chi connectivity index (χ0n) is 13.4. The molecule has 0 bridgehead atoms. The van der Waals surface area contributed by atoms with Gasteiger partial charge in [0.1, 0.15) is 12.2 Å². The maximum absolute atomic E-state index is 14.8. The van der Waals surface area contributed by atoms with Crippen LogP contribution in [0.4, 0.5) is 4.39 Å². The minimum atomic E-state index is -1.43. The monoisotopic (exact) mass is 313 g/mol. The first kappa shape index (κ1) is 17.1. The average Bonchev–Trinajstić information content (AvgIpc) is 2.74. The van der Waals surface area contributed by atoms with Gasteiger partial charge in [-0.05, 0) is 33.8 Å². The van der Waals surface area contributed by atoms with Gasteiger partial charge in [0.2, 0.25) is 0 Å². The highest BCUT2D eigenvalue weighted by molar-refractivity contribution is 4.99. The van der Waals surface area contributed by atoms with E-state index in [1.807, 2.05) is 27.7 Å². The van der Waals surface area contributed by atoms with Crippen LogP contribution in [0.25, 0.3) is 0 Å². The summed E-state index contributed by atoms with van der Waals surface area (Å²) in [7, 11) is 0. The molecule has 0 radical (unpaired) electrons. The van der Waals surface area contributed by atoms with Crippen LogP contribution >= 0.6 is 0 Å². The van der Waals surface area contributed by atoms with Crippen molar-refractivity contribution in [3.05, 3.63) is 34.7 Å². The Bertz CT molecular complexity index is 531. The lowest BCUT2D eigenvalue weighted by Gasteiger charge is -2.22. The second-order valence-electron chi connectivity index (χ2n) is 5.99. The van der Waals surface area contributed by atoms with E-state index in [9.17, 15) is 9.18 Å². The van der Waals surface area contributed by atoms with Gasteiger partial charge in [-0.1, -0.05) is 6.07 Å². The molecule has 124 valence electrons. The van der Waals surface area contributed by atoms with Crippen molar-refractivity contribution in [3.8, 4) is 0 Å². The molecule has 1 aliphatic rings. The van der Waals surface area contributed by atoms with E-state index in [0.29, 0.717) is 0 Å². The molecule has 0 aliphatic carbocycles. The topological polar surface area (TPSA) is 49.7 Å². The van der Waals surface area contributed by atoms with Gasteiger partial charge < -0.3 is 14.2 Å². The summed E-state index contributed by atoms with van der Waals surface area (Å²) in [5.74, 6) is 0. The Morgan fingerprint density at radius 3 is 2.59 bits per heavy atom. The van der Waals surface area contributed by atoms with Crippen LogP contribution < -0.4 is 5.56 Å². The standard InChI is InChI=1S/C16H24FNO4/c1-10(2)20-9-12-15(21-11(3)4)14(17)16(22-12)18-8-6-5-7-13(18)19/h5-8,10-12,14-16H,9H2,1-4H3/t12-,14-,15-,16-/m1/s1. The fraction of sp³-hybridized carbons (Fsp3) is 0.688. The number of alkyl halides is 1. The Labute approximate surface area is 130 Å². The number of pyridine rings is 1. The fourth-order valence-electron chi connectivity index (χ4n) is 2.47. The molecule has 0 amide bonds. The minimum Gasteiger partial charge on any atom is -0.376 e. The molecule has 22 heavy (non-hydrogen) atoms. The van der Waals surface area contributed by atoms with Crippen LogP contribution in [-0.4, -0.2) is 41.8 Å². The molecular formula is C16H24FNO4. The van der Waals surface area contributed by atoms with Gasteiger partial charge in [-0.15, -0.1) is 0 Å². The second kappa shape index (κ2) is 7.35. The van der Waals surface area contributed by atoms with E-state index < -0.39 is 24.6 Å². The number of aromatic nitrogens is 1. The molecule has 4 atom stereocenters. The average molecular weight is 313 g/mol. The summed E-state index contributed by atoms with van der Waals surface area (Å²) < 4.78 is 33.0. The first-order valence-electron chi connectivity index (χ1n) is 7.64. The number of hydrogen-bond acceptors (Lipinski definition) is 4. The third-order valence-electron chi connectivity index (χ3n) is 3.42. The lowest BCUT2D eigenvalue weighted by Crippen LogP contribution is -2.37. The van der Waals surface area contributed by atoms with Gasteiger partial charge in [0.15, 0.2) is 12.4 Å². The second-order valence-corrected chi connectivity index (χ2v) is 5.99. The normalized spacial score (nSPS) is 28.7. The van der Waals surface area contributed by atoms with Gasteiger partial charge in [0, 0.05) is 12.3 Å². The number of halogens is 1. The number of hydrogen-bond donors (Lipinski definition) is 0. The SMILES string of the molecule is CC(C)OC[C@H]1O[C@@H](n2ccccc2=O)[C@H](F)[C@@H]1OC(C)C. The van der Waals surface area contributed by atoms with Crippen LogP contribution in [-0.2, 0) is 14.2 Å². The highest BCUT2D eigenvalue weighted by atomic mass is 19.1. The van der Waals surface area contributed by atoms with Crippen molar-refractivity contribution >= 4 is 0 Å². The van der Waals surface area contributed by atoms with Gasteiger partial charge >= 0.3 is 0 Å². The van der Waals surface area contributed by atoms with Crippen molar-refractivity contribution in [2.45, 2.75) is 64.5 Å². The van der Waals surface area contributed by atoms with Crippen molar-refractivity contribution in [1.82, 2.24) is 4.57 Å². The lowest BCUT2D eigenvalue weighted by atomic mass is 10.1. The largest absolute Gasteiger partial charge is 0.376 e. The minimum absolute atomic E-state index is 0.0138. The van der Waals surface area contributed by atoms with E-state index in [1.54, 1.807) is 12.1 Å². The summed E-state index contributed by atoms with van der Waals surface area (Å²) >= 11 is 0. The molecule has 1 aromatic heterocycles. The fourth-order valence-corrected chi connectivity index (χ4v) is 2.47. The molecule has 0 N–H and O–H groups in total. The maximum atomic E-state index is 14.8. The first-order chi connectivity index (χ1) is 10.4. The van der Waals surface area contributed by atoms with Crippen LogP contribution in [0.15, 0.2) is 29.2 Å². The van der Waals surface area contributed by atoms with Crippen LogP contribution in [0, 0.1) is 0 Å². The molecule has 0 spiro atoms. The molecule has 0 saturated carbocycles. The summed E-state index contributed by atoms with van der Waals surface area (Å²) in [5, 5.41) is 0. The number of ether oxygens (including phenoxy) is 3. The zero-order chi connectivity index (χ0) is 16.3. The molecule has 0 aromatic carbocycles. The Balaban J connectivity index is 2.20. The third-order valence-corrected chi connectivity index (χ3v) is 3.42. The molecule has 2 heterocycles. The van der Waals surface area contributed by atoms with Crippen molar-refractivity contribution < 1.29 is 18.6 Å². The quantitative estimate of drug-likeness (QED) is 0.808. The van der Waals surface area contributed by atoms with E-state index in [1.165, 1.54) is 16.8 Å². The van der Waals surface area contributed by atoms with E-state index in [0.717, 1.165) is 0 Å². The highest BCUT2D eigenvalue weighted by Gasteiger charge is 2.47. The summed E-state index contributed by atoms with van der Waals surface area (Å²) in [5.41, 5.74) is -0.302. The van der Waals surface area contributed by atoms with Crippen LogP contribution in [0.3, 0.4) is 0 Å². The molecule has 2 rings (SSSR count). The summed E-state index contributed by atoms with van der Waals surface area (Å²) in [6.45, 7) is 7.72. The predicted octanol–water partition coefficient (Wildman–Crippen LogP) is 2.30. The Hall–Kier alpha value is -1.24. The van der Waals surface area contributed by atoms with Crippen molar-refractivity contribution in [2.24, 2.45) is 0 Å². The van der Waals surface area contributed by atoms with E-state index in [4.69, 9.17) is 14.2 Å². The van der Waals surface area contributed by atoms with E-state index >= 15 is 0 Å². The predicted molar refractivity (Wildman–Crippen MR) is 80.6 cm³/mol. The molecule has 1 aliphatic heterocycles. The van der Waals surface area contributed by atoms with Crippen molar-refractivity contribution in [2.75, 3.05) is 6.61 Å². The Morgan fingerprint density at radius 1 is 1.27 bits per heavy atom. The van der Waals surface area contributed by atoms with Crippen molar-refractivity contribution in [3.63, 3.8) is 0 Å². The molecule has 1 fully saturated rings. The lowest BCUT2D eigenvalue weighted by molar-refractivity contribution is -0.0967. The Morgan fingerprint density at radius 2 is 2.00 bits per heavy atom. The smallest absolute Gasteiger partial charge is 0.252 e. The number of rotatable bonds is 6. The van der Waals surface area contributed by atoms with E-state index in [2.05, 4.69) is 0 Å². The summed E-state index contributed by atoms with van der Waals surface area (Å²) in [6.07, 6.45) is -2.31. The van der Waals surface area contributed by atoms with Crippen molar-refractivity contribution in [1.29, 1.82) is 0 Å². The van der Waals surface area contributed by atoms with Gasteiger partial charge in [-0.3, -0.25) is 9.36 Å². The van der Waals surface area contributed by atoms with E-state index in [-0.39, 0.29) is 24.4 Å². The van der Waals surface area contributed by atoms with Crippen LogP contribution in [0.2, 0.25) is 0 Å². The van der Waals surface area contributed by atoms with Gasteiger partial charge in [0.05, 0.1) is 18.8 Å².